The van der Waals surface area contributed by atoms with Gasteiger partial charge in [0.25, 0.3) is 0 Å². The maximum Gasteiger partial charge on any atom is 0.0792 e. The highest BCUT2D eigenvalue weighted by atomic mass is 15.5. The van der Waals surface area contributed by atoms with Crippen LogP contribution in [0.4, 0.5) is 0 Å². The lowest BCUT2D eigenvalue weighted by molar-refractivity contribution is 0.306. The molecule has 0 saturated carbocycles. The first-order valence-corrected chi connectivity index (χ1v) is 4.37. The van der Waals surface area contributed by atoms with Gasteiger partial charge in [0.2, 0.25) is 0 Å². The zero-order valence-electron chi connectivity index (χ0n) is 7.78. The standard InChI is InChI=1S/C10H14N2/c1-7-4-5-11-12-6-8(2)9(3)10(7)12/h4-6,9-10H,1-3H3. The van der Waals surface area contributed by atoms with Crippen molar-refractivity contribution >= 4 is 6.21 Å². The third-order valence-corrected chi connectivity index (χ3v) is 2.82. The molecule has 0 amide bonds. The van der Waals surface area contributed by atoms with Crippen LogP contribution in [0.1, 0.15) is 20.8 Å². The van der Waals surface area contributed by atoms with E-state index in [0.29, 0.717) is 12.0 Å². The fourth-order valence-corrected chi connectivity index (χ4v) is 1.92. The van der Waals surface area contributed by atoms with Gasteiger partial charge in [-0.25, -0.2) is 0 Å². The molecule has 0 aliphatic carbocycles. The highest BCUT2D eigenvalue weighted by Crippen LogP contribution is 2.33. The molecule has 0 aromatic heterocycles. The van der Waals surface area contributed by atoms with Crippen molar-refractivity contribution in [3.63, 3.8) is 0 Å². The molecule has 2 unspecified atom stereocenters. The fraction of sp³-hybridized carbons (Fsp3) is 0.500. The van der Waals surface area contributed by atoms with Crippen LogP contribution in [-0.2, 0) is 0 Å². The summed E-state index contributed by atoms with van der Waals surface area (Å²) in [4.78, 5) is 0. The molecule has 0 aromatic carbocycles. The maximum absolute atomic E-state index is 4.30. The maximum atomic E-state index is 4.30. The van der Waals surface area contributed by atoms with Gasteiger partial charge in [0.15, 0.2) is 0 Å². The largest absolute Gasteiger partial charge is 0.265 e. The number of hydrazone groups is 1. The highest BCUT2D eigenvalue weighted by Gasteiger charge is 2.31. The zero-order valence-corrected chi connectivity index (χ0v) is 7.78. The van der Waals surface area contributed by atoms with Crippen LogP contribution in [0.3, 0.4) is 0 Å². The van der Waals surface area contributed by atoms with Gasteiger partial charge in [0.1, 0.15) is 0 Å². The Bertz CT molecular complexity index is 286. The van der Waals surface area contributed by atoms with E-state index in [1.165, 1.54) is 11.1 Å². The van der Waals surface area contributed by atoms with E-state index in [0.717, 1.165) is 0 Å². The highest BCUT2D eigenvalue weighted by molar-refractivity contribution is 5.73. The Morgan fingerprint density at radius 2 is 2.08 bits per heavy atom. The molecule has 0 radical (unpaired) electrons. The lowest BCUT2D eigenvalue weighted by atomic mass is 9.92. The molecule has 2 nitrogen and oxygen atoms in total. The van der Waals surface area contributed by atoms with Crippen molar-refractivity contribution in [1.29, 1.82) is 0 Å². The molecule has 64 valence electrons. The number of fused-ring (bicyclic) bond motifs is 1. The molecular formula is C10H14N2. The van der Waals surface area contributed by atoms with E-state index in [4.69, 9.17) is 0 Å². The van der Waals surface area contributed by atoms with Crippen molar-refractivity contribution in [2.75, 3.05) is 0 Å². The molecule has 0 aromatic rings. The van der Waals surface area contributed by atoms with Crippen LogP contribution < -0.4 is 0 Å². The average molecular weight is 162 g/mol. The summed E-state index contributed by atoms with van der Waals surface area (Å²) in [7, 11) is 0. The summed E-state index contributed by atoms with van der Waals surface area (Å²) in [6.07, 6.45) is 6.11. The quantitative estimate of drug-likeness (QED) is 0.533. The summed E-state index contributed by atoms with van der Waals surface area (Å²) < 4.78 is 0. The van der Waals surface area contributed by atoms with Crippen molar-refractivity contribution in [3.8, 4) is 0 Å². The predicted octanol–water partition coefficient (Wildman–Crippen LogP) is 2.16. The number of allylic oxidation sites excluding steroid dienone is 1. The first-order chi connectivity index (χ1) is 5.70. The minimum atomic E-state index is 0.481. The van der Waals surface area contributed by atoms with Gasteiger partial charge in [-0.05, 0) is 25.5 Å². The Labute approximate surface area is 73.3 Å². The van der Waals surface area contributed by atoms with E-state index in [1.54, 1.807) is 0 Å². The van der Waals surface area contributed by atoms with Crippen molar-refractivity contribution in [1.82, 2.24) is 5.01 Å². The van der Waals surface area contributed by atoms with Gasteiger partial charge in [-0.3, -0.25) is 5.01 Å². The second-order valence-electron chi connectivity index (χ2n) is 3.66. The lowest BCUT2D eigenvalue weighted by Gasteiger charge is -2.27. The fourth-order valence-electron chi connectivity index (χ4n) is 1.92. The normalized spacial score (nSPS) is 33.1. The van der Waals surface area contributed by atoms with E-state index in [9.17, 15) is 0 Å². The van der Waals surface area contributed by atoms with Crippen molar-refractivity contribution in [2.24, 2.45) is 11.0 Å². The monoisotopic (exact) mass is 162 g/mol. The van der Waals surface area contributed by atoms with Crippen LogP contribution in [0.5, 0.6) is 0 Å². The molecule has 2 aliphatic rings. The van der Waals surface area contributed by atoms with Gasteiger partial charge < -0.3 is 0 Å². The van der Waals surface area contributed by atoms with Crippen molar-refractivity contribution in [2.45, 2.75) is 26.8 Å². The van der Waals surface area contributed by atoms with Crippen LogP contribution in [0, 0.1) is 5.92 Å². The van der Waals surface area contributed by atoms with Gasteiger partial charge in [-0.1, -0.05) is 12.5 Å². The summed E-state index contributed by atoms with van der Waals surface area (Å²) in [6.45, 7) is 6.60. The Morgan fingerprint density at radius 3 is 2.75 bits per heavy atom. The van der Waals surface area contributed by atoms with Crippen LogP contribution in [0.2, 0.25) is 0 Å². The minimum Gasteiger partial charge on any atom is -0.265 e. The molecule has 2 heteroatoms. The van der Waals surface area contributed by atoms with Crippen LogP contribution in [0.15, 0.2) is 28.5 Å². The number of rotatable bonds is 0. The third kappa shape index (κ3) is 0.909. The first-order valence-electron chi connectivity index (χ1n) is 4.37. The molecule has 2 aliphatic heterocycles. The van der Waals surface area contributed by atoms with Gasteiger partial charge in [-0.2, -0.15) is 5.10 Å². The van der Waals surface area contributed by atoms with E-state index in [2.05, 4.69) is 43.2 Å². The minimum absolute atomic E-state index is 0.481. The third-order valence-electron chi connectivity index (χ3n) is 2.82. The van der Waals surface area contributed by atoms with E-state index >= 15 is 0 Å². The average Bonchev–Trinajstić information content (AvgIpc) is 2.29. The number of nitrogens with zero attached hydrogens (tertiary/aromatic N) is 2. The smallest absolute Gasteiger partial charge is 0.0792 e. The van der Waals surface area contributed by atoms with Gasteiger partial charge in [0.05, 0.1) is 6.04 Å². The zero-order chi connectivity index (χ0) is 8.72. The lowest BCUT2D eigenvalue weighted by Crippen LogP contribution is -2.30. The van der Waals surface area contributed by atoms with E-state index < -0.39 is 0 Å². The van der Waals surface area contributed by atoms with E-state index in [1.807, 2.05) is 6.21 Å². The van der Waals surface area contributed by atoms with Crippen molar-refractivity contribution in [3.05, 3.63) is 23.4 Å². The topological polar surface area (TPSA) is 15.6 Å². The van der Waals surface area contributed by atoms with Crippen LogP contribution >= 0.6 is 0 Å². The SMILES string of the molecule is CC1=CN2N=CC=C(C)C2C1C. The summed E-state index contributed by atoms with van der Waals surface area (Å²) in [5.74, 6) is 0.610. The molecule has 2 atom stereocenters. The molecular weight excluding hydrogens is 148 g/mol. The molecule has 2 rings (SSSR count). The molecule has 0 N–H and O–H groups in total. The Balaban J connectivity index is 2.34. The Hall–Kier alpha value is -1.05. The van der Waals surface area contributed by atoms with E-state index in [-0.39, 0.29) is 0 Å². The summed E-state index contributed by atoms with van der Waals surface area (Å²) in [5.41, 5.74) is 2.83. The van der Waals surface area contributed by atoms with Gasteiger partial charge in [-0.15, -0.1) is 0 Å². The Morgan fingerprint density at radius 1 is 1.33 bits per heavy atom. The summed E-state index contributed by atoms with van der Waals surface area (Å²) in [6, 6.07) is 0.481. The molecule has 12 heavy (non-hydrogen) atoms. The predicted molar refractivity (Wildman–Crippen MR) is 50.8 cm³/mol. The van der Waals surface area contributed by atoms with Crippen molar-refractivity contribution < 1.29 is 0 Å². The summed E-state index contributed by atoms with van der Waals surface area (Å²) >= 11 is 0. The molecule has 0 spiro atoms. The van der Waals surface area contributed by atoms with Gasteiger partial charge in [0, 0.05) is 18.3 Å². The van der Waals surface area contributed by atoms with Crippen LogP contribution in [-0.4, -0.2) is 17.3 Å². The molecule has 0 saturated heterocycles. The molecule has 0 bridgehead atoms. The Kier molecular flexibility index (Phi) is 1.56. The summed E-state index contributed by atoms with van der Waals surface area (Å²) in [5, 5.41) is 6.36. The molecule has 2 heterocycles. The second kappa shape index (κ2) is 2.47. The second-order valence-corrected chi connectivity index (χ2v) is 3.66. The van der Waals surface area contributed by atoms with Crippen LogP contribution in [0.25, 0.3) is 0 Å². The number of hydrogen-bond acceptors (Lipinski definition) is 2. The first kappa shape index (κ1) is 7.59. The number of hydrogen-bond donors (Lipinski definition) is 0. The van der Waals surface area contributed by atoms with Gasteiger partial charge >= 0.3 is 0 Å². The molecule has 0 fully saturated rings.